The van der Waals surface area contributed by atoms with E-state index in [4.69, 9.17) is 15.1 Å². The fourth-order valence-corrected chi connectivity index (χ4v) is 2.15. The largest absolute Gasteiger partial charge is 0.469 e. The van der Waals surface area contributed by atoms with E-state index >= 15 is 0 Å². The molecule has 1 aliphatic carbocycles. The molecule has 4 nitrogen and oxygen atoms in total. The van der Waals surface area contributed by atoms with Gasteiger partial charge in [-0.25, -0.2) is 0 Å². The summed E-state index contributed by atoms with van der Waals surface area (Å²) in [5.41, 5.74) is 5.24. The third kappa shape index (κ3) is 3.84. The summed E-state index contributed by atoms with van der Waals surface area (Å²) in [4.78, 5) is 11.5. The third-order valence-electron chi connectivity index (χ3n) is 2.97. The highest BCUT2D eigenvalue weighted by Crippen LogP contribution is 2.33. The van der Waals surface area contributed by atoms with Crippen molar-refractivity contribution in [3.05, 3.63) is 0 Å². The summed E-state index contributed by atoms with van der Waals surface area (Å²) in [5, 5.41) is 0. The van der Waals surface area contributed by atoms with Gasteiger partial charge in [0.25, 0.3) is 0 Å². The minimum absolute atomic E-state index is 0.111. The van der Waals surface area contributed by atoms with Crippen molar-refractivity contribution in [2.24, 2.45) is 11.7 Å². The van der Waals surface area contributed by atoms with Crippen molar-refractivity contribution in [1.82, 2.24) is 0 Å². The van der Waals surface area contributed by atoms with Gasteiger partial charge < -0.3 is 15.1 Å². The standard InChI is InChI=1S/C10H19BNO3/c1-14-10(13)9(11-15-7-12)8-5-3-2-4-6-8/h8-9H,2-7,12H2,1H3. The second kappa shape index (κ2) is 6.85. The fraction of sp³-hybridized carbons (Fsp3) is 0.900. The van der Waals surface area contributed by atoms with Crippen LogP contribution in [0.25, 0.3) is 0 Å². The molecule has 0 heterocycles. The van der Waals surface area contributed by atoms with E-state index in [1.807, 2.05) is 0 Å². The predicted octanol–water partition coefficient (Wildman–Crippen LogP) is 1.08. The molecule has 1 fully saturated rings. The lowest BCUT2D eigenvalue weighted by Crippen LogP contribution is -2.29. The molecule has 0 aliphatic heterocycles. The SMILES string of the molecule is COC(=O)C([B]OCN)C1CCCCC1. The molecule has 1 radical (unpaired) electrons. The van der Waals surface area contributed by atoms with Gasteiger partial charge in [-0.2, -0.15) is 0 Å². The molecule has 85 valence electrons. The Labute approximate surface area is 91.8 Å². The molecular formula is C10H19BNO3. The van der Waals surface area contributed by atoms with Gasteiger partial charge >= 0.3 is 13.5 Å². The van der Waals surface area contributed by atoms with Crippen LogP contribution >= 0.6 is 0 Å². The Morgan fingerprint density at radius 1 is 1.47 bits per heavy atom. The molecule has 0 bridgehead atoms. The highest BCUT2D eigenvalue weighted by Gasteiger charge is 2.31. The van der Waals surface area contributed by atoms with Crippen molar-refractivity contribution in [3.8, 4) is 0 Å². The quantitative estimate of drug-likeness (QED) is 0.420. The van der Waals surface area contributed by atoms with Crippen LogP contribution in [0.3, 0.4) is 0 Å². The third-order valence-corrected chi connectivity index (χ3v) is 2.97. The Bertz CT molecular complexity index is 195. The van der Waals surface area contributed by atoms with Gasteiger partial charge in [-0.05, 0) is 5.92 Å². The summed E-state index contributed by atoms with van der Waals surface area (Å²) in [5.74, 6) is -0.105. The number of nitrogens with two attached hydrogens (primary N) is 1. The maximum absolute atomic E-state index is 11.5. The van der Waals surface area contributed by atoms with E-state index in [0.717, 1.165) is 12.8 Å². The molecule has 0 aromatic carbocycles. The molecule has 1 atom stereocenters. The number of carbonyl (C=O) groups excluding carboxylic acids is 1. The minimum atomic E-state index is -0.251. The average Bonchev–Trinajstić information content (AvgIpc) is 2.30. The fourth-order valence-electron chi connectivity index (χ4n) is 2.15. The van der Waals surface area contributed by atoms with Crippen LogP contribution in [0.2, 0.25) is 5.82 Å². The highest BCUT2D eigenvalue weighted by molar-refractivity contribution is 6.37. The molecule has 1 rings (SSSR count). The lowest BCUT2D eigenvalue weighted by atomic mass is 9.66. The van der Waals surface area contributed by atoms with Crippen LogP contribution in [-0.4, -0.2) is 27.3 Å². The summed E-state index contributed by atoms with van der Waals surface area (Å²) in [6, 6.07) is 0. The first-order valence-corrected chi connectivity index (χ1v) is 5.52. The molecule has 0 amide bonds. The van der Waals surface area contributed by atoms with Crippen molar-refractivity contribution in [2.75, 3.05) is 13.8 Å². The van der Waals surface area contributed by atoms with E-state index in [9.17, 15) is 4.79 Å². The van der Waals surface area contributed by atoms with Crippen LogP contribution in [0.5, 0.6) is 0 Å². The van der Waals surface area contributed by atoms with Gasteiger partial charge in [0.15, 0.2) is 0 Å². The number of rotatable bonds is 5. The zero-order chi connectivity index (χ0) is 11.1. The van der Waals surface area contributed by atoms with Crippen LogP contribution in [0.4, 0.5) is 0 Å². The molecule has 1 saturated carbocycles. The highest BCUT2D eigenvalue weighted by atomic mass is 16.5. The number of hydrogen-bond donors (Lipinski definition) is 1. The van der Waals surface area contributed by atoms with Gasteiger partial charge in [-0.15, -0.1) is 0 Å². The Kier molecular flexibility index (Phi) is 5.72. The molecule has 1 aliphatic rings. The van der Waals surface area contributed by atoms with Crippen LogP contribution in [0, 0.1) is 5.92 Å². The Morgan fingerprint density at radius 3 is 2.67 bits per heavy atom. The summed E-state index contributed by atoms with van der Waals surface area (Å²) in [6.07, 6.45) is 5.79. The minimum Gasteiger partial charge on any atom is -0.469 e. The number of methoxy groups -OCH3 is 1. The van der Waals surface area contributed by atoms with E-state index in [0.29, 0.717) is 5.92 Å². The summed E-state index contributed by atoms with van der Waals surface area (Å²) in [7, 11) is 2.95. The van der Waals surface area contributed by atoms with Crippen molar-refractivity contribution in [3.63, 3.8) is 0 Å². The average molecular weight is 212 g/mol. The zero-order valence-corrected chi connectivity index (χ0v) is 9.28. The number of esters is 1. The van der Waals surface area contributed by atoms with E-state index in [1.165, 1.54) is 26.4 Å². The lowest BCUT2D eigenvalue weighted by Gasteiger charge is -2.27. The van der Waals surface area contributed by atoms with Gasteiger partial charge in [0.1, 0.15) is 0 Å². The van der Waals surface area contributed by atoms with E-state index in [-0.39, 0.29) is 18.5 Å². The molecule has 0 aromatic rings. The summed E-state index contributed by atoms with van der Waals surface area (Å²) >= 11 is 0. The van der Waals surface area contributed by atoms with Crippen LogP contribution in [-0.2, 0) is 14.2 Å². The predicted molar refractivity (Wildman–Crippen MR) is 58.2 cm³/mol. The number of hydrogen-bond acceptors (Lipinski definition) is 4. The Morgan fingerprint density at radius 2 is 2.13 bits per heavy atom. The van der Waals surface area contributed by atoms with Crippen LogP contribution < -0.4 is 5.73 Å². The molecule has 2 N–H and O–H groups in total. The molecule has 15 heavy (non-hydrogen) atoms. The van der Waals surface area contributed by atoms with Crippen molar-refractivity contribution in [1.29, 1.82) is 0 Å². The molecule has 1 unspecified atom stereocenters. The molecule has 0 aromatic heterocycles. The molecule has 0 saturated heterocycles. The van der Waals surface area contributed by atoms with Crippen molar-refractivity contribution >= 4 is 13.5 Å². The topological polar surface area (TPSA) is 61.5 Å². The van der Waals surface area contributed by atoms with Gasteiger partial charge in [0.2, 0.25) is 0 Å². The van der Waals surface area contributed by atoms with Crippen molar-refractivity contribution in [2.45, 2.75) is 37.9 Å². The first-order chi connectivity index (χ1) is 7.29. The molecule has 0 spiro atoms. The van der Waals surface area contributed by atoms with Gasteiger partial charge in [0.05, 0.1) is 19.7 Å². The second-order valence-electron chi connectivity index (χ2n) is 3.92. The first kappa shape index (κ1) is 12.5. The van der Waals surface area contributed by atoms with E-state index in [2.05, 4.69) is 0 Å². The summed E-state index contributed by atoms with van der Waals surface area (Å²) < 4.78 is 9.80. The Hall–Kier alpha value is -0.545. The normalized spacial score (nSPS) is 19.6. The van der Waals surface area contributed by atoms with Crippen LogP contribution in [0.15, 0.2) is 0 Å². The monoisotopic (exact) mass is 212 g/mol. The number of carbonyl (C=O) groups is 1. The Balaban J connectivity index is 2.49. The second-order valence-corrected chi connectivity index (χ2v) is 3.92. The molecular weight excluding hydrogens is 193 g/mol. The van der Waals surface area contributed by atoms with Crippen LogP contribution in [0.1, 0.15) is 32.1 Å². The van der Waals surface area contributed by atoms with E-state index < -0.39 is 0 Å². The van der Waals surface area contributed by atoms with Gasteiger partial charge in [-0.3, -0.25) is 4.79 Å². The van der Waals surface area contributed by atoms with Gasteiger partial charge in [-0.1, -0.05) is 32.1 Å². The number of ether oxygens (including phenoxy) is 1. The maximum atomic E-state index is 11.5. The summed E-state index contributed by atoms with van der Waals surface area (Å²) in [6.45, 7) is 0.111. The smallest absolute Gasteiger partial charge is 0.309 e. The van der Waals surface area contributed by atoms with E-state index in [1.54, 1.807) is 7.48 Å². The zero-order valence-electron chi connectivity index (χ0n) is 9.28. The molecule has 5 heteroatoms. The lowest BCUT2D eigenvalue weighted by molar-refractivity contribution is -0.142. The van der Waals surface area contributed by atoms with Gasteiger partial charge in [0, 0.05) is 0 Å². The van der Waals surface area contributed by atoms with Crippen molar-refractivity contribution < 1.29 is 14.2 Å². The first-order valence-electron chi connectivity index (χ1n) is 5.52. The maximum Gasteiger partial charge on any atom is 0.309 e.